The molecule has 2 saturated heterocycles. The summed E-state index contributed by atoms with van der Waals surface area (Å²) in [5.41, 5.74) is 5.26. The minimum Gasteiger partial charge on any atom is -0.381 e. The summed E-state index contributed by atoms with van der Waals surface area (Å²) >= 11 is 14.9. The van der Waals surface area contributed by atoms with Gasteiger partial charge in [-0.05, 0) is 68.2 Å². The third-order valence-corrected chi connectivity index (χ3v) is 10.8. The van der Waals surface area contributed by atoms with Gasteiger partial charge in [-0.2, -0.15) is 0 Å². The van der Waals surface area contributed by atoms with E-state index in [0.29, 0.717) is 46.1 Å². The molecule has 2 saturated carbocycles. The lowest BCUT2D eigenvalue weighted by Crippen LogP contribution is -2.38. The molecule has 4 aliphatic rings. The number of piperidine rings is 1. The maximum absolute atomic E-state index is 6.64. The van der Waals surface area contributed by atoms with Crippen LogP contribution in [-0.4, -0.2) is 51.9 Å². The number of nitrogens with zero attached hydrogens (tertiary/aromatic N) is 5. The molecule has 40 heavy (non-hydrogen) atoms. The maximum atomic E-state index is 6.64. The number of fused-ring (bicyclic) bond motifs is 3. The molecule has 2 aromatic heterocycles. The van der Waals surface area contributed by atoms with Crippen LogP contribution >= 0.6 is 34.5 Å². The van der Waals surface area contributed by atoms with E-state index in [1.54, 1.807) is 4.68 Å². The van der Waals surface area contributed by atoms with Crippen LogP contribution in [0.5, 0.6) is 0 Å². The Morgan fingerprint density at radius 2 is 1.77 bits per heavy atom. The highest BCUT2D eigenvalue weighted by molar-refractivity contribution is 7.22. The number of ether oxygens (including phenoxy) is 2. The second-order valence-corrected chi connectivity index (χ2v) is 13.5. The zero-order valence-electron chi connectivity index (χ0n) is 22.1. The van der Waals surface area contributed by atoms with Crippen LogP contribution in [0.4, 0.5) is 5.13 Å². The van der Waals surface area contributed by atoms with Gasteiger partial charge in [-0.15, -0.1) is 5.10 Å². The second kappa shape index (κ2) is 10.2. The van der Waals surface area contributed by atoms with Crippen molar-refractivity contribution in [2.45, 2.75) is 69.1 Å². The summed E-state index contributed by atoms with van der Waals surface area (Å²) in [6.07, 6.45) is 6.83. The normalized spacial score (nSPS) is 24.9. The molecule has 7 nitrogen and oxygen atoms in total. The van der Waals surface area contributed by atoms with Crippen molar-refractivity contribution < 1.29 is 9.47 Å². The van der Waals surface area contributed by atoms with Crippen molar-refractivity contribution in [3.63, 3.8) is 0 Å². The minimum atomic E-state index is 0.213. The van der Waals surface area contributed by atoms with E-state index in [9.17, 15) is 0 Å². The van der Waals surface area contributed by atoms with Crippen LogP contribution < -0.4 is 4.90 Å². The average molecular weight is 597 g/mol. The molecule has 4 heterocycles. The van der Waals surface area contributed by atoms with Gasteiger partial charge in [0.2, 0.25) is 0 Å². The Bertz CT molecular complexity index is 1540. The van der Waals surface area contributed by atoms with Gasteiger partial charge in [0.1, 0.15) is 5.69 Å². The molecule has 10 heteroatoms. The molecule has 2 aliphatic heterocycles. The molecule has 0 spiro atoms. The van der Waals surface area contributed by atoms with Crippen LogP contribution in [0.3, 0.4) is 0 Å². The van der Waals surface area contributed by atoms with Crippen LogP contribution in [0.2, 0.25) is 10.0 Å². The fourth-order valence-electron chi connectivity index (χ4n) is 6.94. The minimum absolute atomic E-state index is 0.213. The first-order valence-corrected chi connectivity index (χ1v) is 16.0. The first kappa shape index (κ1) is 25.5. The molecule has 0 N–H and O–H groups in total. The summed E-state index contributed by atoms with van der Waals surface area (Å²) < 4.78 is 15.3. The van der Waals surface area contributed by atoms with Crippen LogP contribution in [0.15, 0.2) is 36.4 Å². The van der Waals surface area contributed by atoms with Crippen LogP contribution in [0, 0.1) is 5.92 Å². The highest BCUT2D eigenvalue weighted by atomic mass is 35.5. The summed E-state index contributed by atoms with van der Waals surface area (Å²) in [5, 5.41) is 11.3. The molecular weight excluding hydrogens is 565 g/mol. The van der Waals surface area contributed by atoms with Crippen molar-refractivity contribution in [1.82, 2.24) is 20.0 Å². The summed E-state index contributed by atoms with van der Waals surface area (Å²) in [4.78, 5) is 7.75. The fraction of sp³-hybridized carbons (Fsp3) is 0.500. The average Bonchev–Trinajstić information content (AvgIpc) is 3.29. The summed E-state index contributed by atoms with van der Waals surface area (Å²) in [6.45, 7) is 3.15. The lowest BCUT2D eigenvalue weighted by molar-refractivity contribution is 0.00991. The van der Waals surface area contributed by atoms with Crippen molar-refractivity contribution in [2.24, 2.45) is 5.92 Å². The molecule has 0 amide bonds. The lowest BCUT2D eigenvalue weighted by Gasteiger charge is -2.31. The maximum Gasteiger partial charge on any atom is 0.186 e. The number of thiazole rings is 1. The van der Waals surface area contributed by atoms with E-state index in [2.05, 4.69) is 33.4 Å². The quantitative estimate of drug-likeness (QED) is 0.226. The van der Waals surface area contributed by atoms with Gasteiger partial charge in [-0.1, -0.05) is 58.0 Å². The van der Waals surface area contributed by atoms with E-state index in [-0.39, 0.29) is 6.10 Å². The van der Waals surface area contributed by atoms with Gasteiger partial charge in [0, 0.05) is 37.6 Å². The molecule has 0 unspecified atom stereocenters. The van der Waals surface area contributed by atoms with Gasteiger partial charge in [0.05, 0.1) is 44.4 Å². The highest BCUT2D eigenvalue weighted by Crippen LogP contribution is 2.46. The monoisotopic (exact) mass is 595 g/mol. The van der Waals surface area contributed by atoms with Crippen LogP contribution in [0.1, 0.15) is 67.3 Å². The molecule has 4 aromatic rings. The predicted molar refractivity (Wildman–Crippen MR) is 158 cm³/mol. The SMILES string of the molecule is Clc1cccc(Cl)c1-n1nnc(C2CC2)c1CO[C@@H]1C[C@@H]2C[C@H]1CN2c1nc2c(C3CCOCC3)cccc2s1. The number of aromatic nitrogens is 4. The van der Waals surface area contributed by atoms with Gasteiger partial charge < -0.3 is 14.4 Å². The number of rotatable bonds is 7. The predicted octanol–water partition coefficient (Wildman–Crippen LogP) is 7.14. The second-order valence-electron chi connectivity index (χ2n) is 11.6. The molecule has 0 radical (unpaired) electrons. The zero-order valence-corrected chi connectivity index (χ0v) is 24.5. The van der Waals surface area contributed by atoms with Crippen molar-refractivity contribution in [1.29, 1.82) is 0 Å². The fourth-order valence-corrected chi connectivity index (χ4v) is 8.58. The van der Waals surface area contributed by atoms with E-state index >= 15 is 0 Å². The van der Waals surface area contributed by atoms with Crippen LogP contribution in [-0.2, 0) is 16.1 Å². The number of hydrogen-bond acceptors (Lipinski definition) is 7. The number of anilines is 1. The summed E-state index contributed by atoms with van der Waals surface area (Å²) in [6, 6.07) is 12.7. The Hall–Kier alpha value is -2.23. The molecular formula is C30H31Cl2N5O2S. The number of para-hydroxylation sites is 2. The third kappa shape index (κ3) is 4.43. The van der Waals surface area contributed by atoms with Crippen molar-refractivity contribution in [3.05, 3.63) is 63.4 Å². The van der Waals surface area contributed by atoms with E-state index in [4.69, 9.17) is 37.7 Å². The first-order valence-electron chi connectivity index (χ1n) is 14.4. The smallest absolute Gasteiger partial charge is 0.186 e. The third-order valence-electron chi connectivity index (χ3n) is 9.16. The highest BCUT2D eigenvalue weighted by Gasteiger charge is 2.46. The van der Waals surface area contributed by atoms with Crippen molar-refractivity contribution in [2.75, 3.05) is 24.7 Å². The number of hydrogen-bond donors (Lipinski definition) is 0. The van der Waals surface area contributed by atoms with Gasteiger partial charge in [0.25, 0.3) is 0 Å². The molecule has 2 bridgehead atoms. The van der Waals surface area contributed by atoms with Crippen LogP contribution in [0.25, 0.3) is 15.9 Å². The van der Waals surface area contributed by atoms with Gasteiger partial charge in [-0.25, -0.2) is 9.67 Å². The van der Waals surface area contributed by atoms with E-state index in [1.807, 2.05) is 29.5 Å². The molecule has 3 atom stereocenters. The Morgan fingerprint density at radius 1 is 0.975 bits per heavy atom. The van der Waals surface area contributed by atoms with Crippen molar-refractivity contribution >= 4 is 49.9 Å². The largest absolute Gasteiger partial charge is 0.381 e. The molecule has 8 rings (SSSR count). The summed E-state index contributed by atoms with van der Waals surface area (Å²) in [7, 11) is 0. The zero-order chi connectivity index (χ0) is 26.8. The van der Waals surface area contributed by atoms with E-state index < -0.39 is 0 Å². The number of benzene rings is 2. The first-order chi connectivity index (χ1) is 19.6. The molecule has 2 aromatic carbocycles. The molecule has 2 aliphatic carbocycles. The van der Waals surface area contributed by atoms with Gasteiger partial charge in [0.15, 0.2) is 5.13 Å². The Kier molecular flexibility index (Phi) is 6.52. The Balaban J connectivity index is 0.994. The lowest BCUT2D eigenvalue weighted by atomic mass is 9.91. The summed E-state index contributed by atoms with van der Waals surface area (Å²) in [5.74, 6) is 1.49. The van der Waals surface area contributed by atoms with E-state index in [1.165, 1.54) is 15.8 Å². The van der Waals surface area contributed by atoms with E-state index in [0.717, 1.165) is 74.8 Å². The standard InChI is InChI=1S/C30H31Cl2N5O2S/c31-22-4-2-5-23(32)29(22)37-24(27(34-35-37)18-7-8-18)16-39-25-14-20-13-19(25)15-36(20)30-33-28-21(3-1-6-26(28)40-30)17-9-11-38-12-10-17/h1-6,17-20,25H,7-16H2/t19-,20-,25+/m0/s1. The Morgan fingerprint density at radius 3 is 2.52 bits per heavy atom. The topological polar surface area (TPSA) is 65.3 Å². The molecule has 4 fully saturated rings. The Labute approximate surface area is 247 Å². The van der Waals surface area contributed by atoms with Crippen molar-refractivity contribution in [3.8, 4) is 5.69 Å². The van der Waals surface area contributed by atoms with Gasteiger partial charge >= 0.3 is 0 Å². The number of halogens is 2. The van der Waals surface area contributed by atoms with Gasteiger partial charge in [-0.3, -0.25) is 0 Å². The molecule has 208 valence electrons.